The molecule has 0 saturated heterocycles. The molecular weight excluding hydrogens is 452 g/mol. The number of amides is 2. The van der Waals surface area contributed by atoms with Crippen molar-refractivity contribution in [3.05, 3.63) is 59.7 Å². The molecule has 3 N–H and O–H groups in total. The molecule has 2 aromatic carbocycles. The Balaban J connectivity index is 1.35. The number of esters is 1. The van der Waals surface area contributed by atoms with Gasteiger partial charge in [0, 0.05) is 12.0 Å². The number of hydrogen-bond donors (Lipinski definition) is 3. The Morgan fingerprint density at radius 1 is 1.00 bits per heavy atom. The summed E-state index contributed by atoms with van der Waals surface area (Å²) in [5.41, 5.74) is 4.46. The van der Waals surface area contributed by atoms with Crippen LogP contribution >= 0.6 is 0 Å². The lowest BCUT2D eigenvalue weighted by molar-refractivity contribution is -0.149. The molecule has 0 aromatic heterocycles. The number of hydrogen-bond acceptors (Lipinski definition) is 6. The van der Waals surface area contributed by atoms with Crippen LogP contribution < -0.4 is 10.6 Å². The monoisotopic (exact) mass is 480 g/mol. The zero-order valence-electron chi connectivity index (χ0n) is 19.4. The van der Waals surface area contributed by atoms with Crippen LogP contribution in [0.4, 0.5) is 4.79 Å². The molecule has 35 heavy (non-hydrogen) atoms. The number of nitrogens with one attached hydrogen (secondary N) is 2. The van der Waals surface area contributed by atoms with Crippen LogP contribution in [0, 0.1) is 5.92 Å². The summed E-state index contributed by atoms with van der Waals surface area (Å²) in [6, 6.07) is 14.2. The number of methoxy groups -OCH3 is 1. The maximum atomic E-state index is 12.7. The van der Waals surface area contributed by atoms with Gasteiger partial charge in [-0.05, 0) is 35.1 Å². The van der Waals surface area contributed by atoms with Crippen LogP contribution in [0.5, 0.6) is 0 Å². The van der Waals surface area contributed by atoms with E-state index in [0.29, 0.717) is 19.3 Å². The Bertz CT molecular complexity index is 1090. The lowest BCUT2D eigenvalue weighted by Crippen LogP contribution is -2.49. The Labute approximate surface area is 202 Å². The van der Waals surface area contributed by atoms with E-state index in [9.17, 15) is 24.3 Å². The number of carbonyl (C=O) groups is 4. The fourth-order valence-corrected chi connectivity index (χ4v) is 4.97. The van der Waals surface area contributed by atoms with Crippen molar-refractivity contribution >= 4 is 23.9 Å². The van der Waals surface area contributed by atoms with E-state index >= 15 is 0 Å². The fraction of sp³-hybridized carbons (Fsp3) is 0.385. The standard InChI is InChI=1S/C26H28N2O7/c1-34-23(29)13-22(25(31)32)27-24(30)19-11-6-12-21(19)28-26(33)35-14-20-17-9-4-2-7-15(17)16-8-3-5-10-18(16)20/h2-5,7-10,19-22H,6,11-14H2,1H3,(H,27,30)(H,28,33)(H,31,32)/t19?,21?,22-/m0/s1. The van der Waals surface area contributed by atoms with Gasteiger partial charge in [0.15, 0.2) is 0 Å². The zero-order valence-corrected chi connectivity index (χ0v) is 19.4. The van der Waals surface area contributed by atoms with E-state index < -0.39 is 48.4 Å². The predicted octanol–water partition coefficient (Wildman–Crippen LogP) is 2.83. The molecule has 0 bridgehead atoms. The summed E-state index contributed by atoms with van der Waals surface area (Å²) in [6.45, 7) is 0.156. The molecule has 0 heterocycles. The van der Waals surface area contributed by atoms with Gasteiger partial charge in [0.05, 0.1) is 19.4 Å². The number of carboxylic acids is 1. The molecule has 2 aliphatic rings. The Morgan fingerprint density at radius 2 is 1.63 bits per heavy atom. The van der Waals surface area contributed by atoms with E-state index in [1.807, 2.05) is 36.4 Å². The lowest BCUT2D eigenvalue weighted by Gasteiger charge is -2.23. The van der Waals surface area contributed by atoms with Gasteiger partial charge < -0.3 is 25.2 Å². The van der Waals surface area contributed by atoms with Gasteiger partial charge in [0.2, 0.25) is 5.91 Å². The minimum Gasteiger partial charge on any atom is -0.480 e. The Kier molecular flexibility index (Phi) is 7.33. The number of ether oxygens (including phenoxy) is 2. The Hall–Kier alpha value is -3.88. The maximum Gasteiger partial charge on any atom is 0.407 e. The first kappa shape index (κ1) is 24.3. The highest BCUT2D eigenvalue weighted by Gasteiger charge is 2.37. The van der Waals surface area contributed by atoms with Crippen LogP contribution in [0.15, 0.2) is 48.5 Å². The van der Waals surface area contributed by atoms with Crippen molar-refractivity contribution in [1.82, 2.24) is 10.6 Å². The molecule has 0 spiro atoms. The smallest absolute Gasteiger partial charge is 0.407 e. The second-order valence-electron chi connectivity index (χ2n) is 8.79. The molecule has 2 aromatic rings. The van der Waals surface area contributed by atoms with Crippen molar-refractivity contribution in [3.8, 4) is 11.1 Å². The highest BCUT2D eigenvalue weighted by atomic mass is 16.5. The number of aliphatic carboxylic acids is 1. The number of carboxylic acid groups (broad SMARTS) is 1. The van der Waals surface area contributed by atoms with E-state index in [2.05, 4.69) is 27.5 Å². The highest BCUT2D eigenvalue weighted by molar-refractivity contribution is 5.88. The molecule has 184 valence electrons. The molecule has 0 radical (unpaired) electrons. The van der Waals surface area contributed by atoms with Crippen LogP contribution in [-0.2, 0) is 23.9 Å². The molecule has 1 saturated carbocycles. The third-order valence-corrected chi connectivity index (χ3v) is 6.71. The zero-order chi connectivity index (χ0) is 24.9. The van der Waals surface area contributed by atoms with Crippen LogP contribution in [0.1, 0.15) is 42.7 Å². The molecular formula is C26H28N2O7. The average Bonchev–Trinajstić information content (AvgIpc) is 3.44. The van der Waals surface area contributed by atoms with Crippen LogP contribution in [-0.4, -0.2) is 54.8 Å². The molecule has 9 heteroatoms. The van der Waals surface area contributed by atoms with E-state index in [-0.39, 0.29) is 12.5 Å². The van der Waals surface area contributed by atoms with Crippen molar-refractivity contribution in [2.75, 3.05) is 13.7 Å². The molecule has 4 rings (SSSR count). The van der Waals surface area contributed by atoms with Gasteiger partial charge in [-0.25, -0.2) is 9.59 Å². The number of benzene rings is 2. The molecule has 3 atom stereocenters. The van der Waals surface area contributed by atoms with Crippen LogP contribution in [0.3, 0.4) is 0 Å². The quantitative estimate of drug-likeness (QED) is 0.495. The molecule has 2 aliphatic carbocycles. The number of alkyl carbamates (subject to hydrolysis) is 1. The minimum atomic E-state index is -1.40. The summed E-state index contributed by atoms with van der Waals surface area (Å²) in [5.74, 6) is -3.29. The third kappa shape index (κ3) is 5.29. The third-order valence-electron chi connectivity index (χ3n) is 6.71. The summed E-state index contributed by atoms with van der Waals surface area (Å²) in [4.78, 5) is 48.3. The van der Waals surface area contributed by atoms with E-state index in [1.54, 1.807) is 0 Å². The minimum absolute atomic E-state index is 0.0783. The van der Waals surface area contributed by atoms with Gasteiger partial charge in [-0.2, -0.15) is 0 Å². The van der Waals surface area contributed by atoms with Gasteiger partial charge >= 0.3 is 18.0 Å². The van der Waals surface area contributed by atoms with Crippen molar-refractivity contribution in [1.29, 1.82) is 0 Å². The van der Waals surface area contributed by atoms with Gasteiger partial charge in [0.25, 0.3) is 0 Å². The highest BCUT2D eigenvalue weighted by Crippen LogP contribution is 2.44. The maximum absolute atomic E-state index is 12.7. The normalized spacial score (nSPS) is 19.2. The van der Waals surface area contributed by atoms with Gasteiger partial charge in [-0.3, -0.25) is 9.59 Å². The van der Waals surface area contributed by atoms with E-state index in [1.165, 1.54) is 0 Å². The van der Waals surface area contributed by atoms with Gasteiger partial charge in [0.1, 0.15) is 12.6 Å². The first-order valence-corrected chi connectivity index (χ1v) is 11.6. The summed E-state index contributed by atoms with van der Waals surface area (Å²) in [6.07, 6.45) is 0.651. The first-order chi connectivity index (χ1) is 16.9. The average molecular weight is 481 g/mol. The number of carbonyl (C=O) groups excluding carboxylic acids is 3. The number of fused-ring (bicyclic) bond motifs is 3. The summed E-state index contributed by atoms with van der Waals surface area (Å²) >= 11 is 0. The molecule has 1 fully saturated rings. The molecule has 9 nitrogen and oxygen atoms in total. The fourth-order valence-electron chi connectivity index (χ4n) is 4.97. The van der Waals surface area contributed by atoms with Crippen LogP contribution in [0.25, 0.3) is 11.1 Å². The summed E-state index contributed by atoms with van der Waals surface area (Å²) in [7, 11) is 1.15. The van der Waals surface area contributed by atoms with Crippen molar-refractivity contribution in [2.45, 2.75) is 43.7 Å². The van der Waals surface area contributed by atoms with Crippen LogP contribution in [0.2, 0.25) is 0 Å². The number of rotatable bonds is 8. The summed E-state index contributed by atoms with van der Waals surface area (Å²) in [5, 5.41) is 14.5. The second kappa shape index (κ2) is 10.6. The first-order valence-electron chi connectivity index (χ1n) is 11.6. The van der Waals surface area contributed by atoms with Gasteiger partial charge in [-0.1, -0.05) is 55.0 Å². The molecule has 2 unspecified atom stereocenters. The van der Waals surface area contributed by atoms with Crippen molar-refractivity contribution < 1.29 is 33.8 Å². The SMILES string of the molecule is COC(=O)C[C@H](NC(=O)C1CCCC1NC(=O)OCC1c2ccccc2-c2ccccc21)C(=O)O. The second-order valence-corrected chi connectivity index (χ2v) is 8.79. The predicted molar refractivity (Wildman–Crippen MR) is 126 cm³/mol. The largest absolute Gasteiger partial charge is 0.480 e. The van der Waals surface area contributed by atoms with E-state index in [4.69, 9.17) is 4.74 Å². The van der Waals surface area contributed by atoms with Crippen molar-refractivity contribution in [2.24, 2.45) is 5.92 Å². The van der Waals surface area contributed by atoms with Crippen molar-refractivity contribution in [3.63, 3.8) is 0 Å². The topological polar surface area (TPSA) is 131 Å². The van der Waals surface area contributed by atoms with E-state index in [0.717, 1.165) is 29.4 Å². The summed E-state index contributed by atoms with van der Waals surface area (Å²) < 4.78 is 10.1. The van der Waals surface area contributed by atoms with Gasteiger partial charge in [-0.15, -0.1) is 0 Å². The lowest BCUT2D eigenvalue weighted by atomic mass is 9.98. The molecule has 0 aliphatic heterocycles. The Morgan fingerprint density at radius 3 is 2.23 bits per heavy atom. The molecule has 2 amide bonds.